The Morgan fingerprint density at radius 3 is 3.07 bits per heavy atom. The lowest BCUT2D eigenvalue weighted by atomic mass is 10.1. The Balaban J connectivity index is 1.79. The Hall–Kier alpha value is -0.830. The molecule has 1 atom stereocenters. The van der Waals surface area contributed by atoms with Crippen molar-refractivity contribution in [2.45, 2.75) is 52.2 Å². The molecule has 1 fully saturated rings. The second-order valence-corrected chi connectivity index (χ2v) is 4.70. The fraction of sp³-hybridized carbons (Fsp3) is 0.750. The van der Waals surface area contributed by atoms with Crippen molar-refractivity contribution in [3.05, 3.63) is 18.0 Å². The fourth-order valence-corrected chi connectivity index (χ4v) is 1.58. The maximum atomic E-state index is 4.55. The van der Waals surface area contributed by atoms with E-state index in [9.17, 15) is 0 Å². The van der Waals surface area contributed by atoms with Gasteiger partial charge in [-0.2, -0.15) is 5.10 Å². The van der Waals surface area contributed by atoms with E-state index in [1.807, 2.05) is 0 Å². The summed E-state index contributed by atoms with van der Waals surface area (Å²) in [6.07, 6.45) is 5.99. The summed E-state index contributed by atoms with van der Waals surface area (Å²) >= 11 is 0. The smallest absolute Gasteiger partial charge is 0.0762 e. The molecule has 0 aromatic carbocycles. The SMILES string of the molecule is CCC(C)Cn1ccc(CNC2CC2)n1. The van der Waals surface area contributed by atoms with E-state index in [0.717, 1.165) is 19.1 Å². The Morgan fingerprint density at radius 2 is 2.40 bits per heavy atom. The average Bonchev–Trinajstić information content (AvgIpc) is 2.97. The number of nitrogens with one attached hydrogen (secondary N) is 1. The molecule has 1 saturated carbocycles. The van der Waals surface area contributed by atoms with Crippen molar-refractivity contribution < 1.29 is 0 Å². The van der Waals surface area contributed by atoms with Crippen LogP contribution in [0.2, 0.25) is 0 Å². The van der Waals surface area contributed by atoms with Crippen LogP contribution in [0.25, 0.3) is 0 Å². The molecule has 0 amide bonds. The molecule has 0 radical (unpaired) electrons. The van der Waals surface area contributed by atoms with Crippen LogP contribution in [0.3, 0.4) is 0 Å². The highest BCUT2D eigenvalue weighted by Crippen LogP contribution is 2.19. The van der Waals surface area contributed by atoms with Gasteiger partial charge in [0, 0.05) is 25.3 Å². The summed E-state index contributed by atoms with van der Waals surface area (Å²) in [5, 5.41) is 8.03. The first-order chi connectivity index (χ1) is 7.28. The van der Waals surface area contributed by atoms with Crippen molar-refractivity contribution in [3.63, 3.8) is 0 Å². The molecular weight excluding hydrogens is 186 g/mol. The van der Waals surface area contributed by atoms with Gasteiger partial charge in [-0.05, 0) is 24.8 Å². The highest BCUT2D eigenvalue weighted by Gasteiger charge is 2.20. The lowest BCUT2D eigenvalue weighted by molar-refractivity contribution is 0.435. The van der Waals surface area contributed by atoms with Crippen LogP contribution in [-0.2, 0) is 13.1 Å². The van der Waals surface area contributed by atoms with Gasteiger partial charge < -0.3 is 5.32 Å². The Labute approximate surface area is 91.9 Å². The fourth-order valence-electron chi connectivity index (χ4n) is 1.58. The molecule has 1 aromatic heterocycles. The van der Waals surface area contributed by atoms with Crippen LogP contribution < -0.4 is 5.32 Å². The van der Waals surface area contributed by atoms with Crippen molar-refractivity contribution in [3.8, 4) is 0 Å². The number of aromatic nitrogens is 2. The molecule has 84 valence electrons. The van der Waals surface area contributed by atoms with Gasteiger partial charge in [-0.3, -0.25) is 4.68 Å². The van der Waals surface area contributed by atoms with Crippen LogP contribution in [0.4, 0.5) is 0 Å². The molecule has 3 heteroatoms. The first-order valence-corrected chi connectivity index (χ1v) is 6.03. The lowest BCUT2D eigenvalue weighted by Gasteiger charge is -2.07. The van der Waals surface area contributed by atoms with E-state index in [2.05, 4.69) is 41.2 Å². The minimum atomic E-state index is 0.717. The second kappa shape index (κ2) is 4.79. The summed E-state index contributed by atoms with van der Waals surface area (Å²) in [6, 6.07) is 2.89. The summed E-state index contributed by atoms with van der Waals surface area (Å²) in [4.78, 5) is 0. The molecule has 0 bridgehead atoms. The van der Waals surface area contributed by atoms with Gasteiger partial charge in [0.25, 0.3) is 0 Å². The molecule has 1 aliphatic rings. The third-order valence-electron chi connectivity index (χ3n) is 3.04. The van der Waals surface area contributed by atoms with Gasteiger partial charge in [0.05, 0.1) is 5.69 Å². The molecular formula is C12H21N3. The molecule has 2 rings (SSSR count). The molecule has 0 aliphatic heterocycles. The molecule has 1 N–H and O–H groups in total. The summed E-state index contributed by atoms with van der Waals surface area (Å²) in [6.45, 7) is 6.46. The number of nitrogens with zero attached hydrogens (tertiary/aromatic N) is 2. The van der Waals surface area contributed by atoms with Crippen LogP contribution in [-0.4, -0.2) is 15.8 Å². The van der Waals surface area contributed by atoms with Gasteiger partial charge in [-0.1, -0.05) is 20.3 Å². The maximum absolute atomic E-state index is 4.55. The predicted molar refractivity (Wildman–Crippen MR) is 61.5 cm³/mol. The molecule has 1 aliphatic carbocycles. The van der Waals surface area contributed by atoms with Crippen molar-refractivity contribution >= 4 is 0 Å². The van der Waals surface area contributed by atoms with Crippen molar-refractivity contribution in [1.29, 1.82) is 0 Å². The zero-order valence-corrected chi connectivity index (χ0v) is 9.74. The summed E-state index contributed by atoms with van der Waals surface area (Å²) in [7, 11) is 0. The minimum absolute atomic E-state index is 0.717. The van der Waals surface area contributed by atoms with Gasteiger partial charge in [0.15, 0.2) is 0 Å². The van der Waals surface area contributed by atoms with E-state index in [0.29, 0.717) is 5.92 Å². The monoisotopic (exact) mass is 207 g/mol. The van der Waals surface area contributed by atoms with Crippen LogP contribution in [0.15, 0.2) is 12.3 Å². The third kappa shape index (κ3) is 3.34. The quantitative estimate of drug-likeness (QED) is 0.775. The van der Waals surface area contributed by atoms with Gasteiger partial charge in [0.2, 0.25) is 0 Å². The zero-order chi connectivity index (χ0) is 10.7. The first kappa shape index (κ1) is 10.7. The van der Waals surface area contributed by atoms with Crippen molar-refractivity contribution in [2.75, 3.05) is 0 Å². The largest absolute Gasteiger partial charge is 0.308 e. The van der Waals surface area contributed by atoms with Gasteiger partial charge in [-0.15, -0.1) is 0 Å². The van der Waals surface area contributed by atoms with E-state index >= 15 is 0 Å². The highest BCUT2D eigenvalue weighted by atomic mass is 15.3. The van der Waals surface area contributed by atoms with Crippen molar-refractivity contribution in [2.24, 2.45) is 5.92 Å². The Bertz CT molecular complexity index is 302. The number of rotatable bonds is 6. The molecule has 1 aromatic rings. The lowest BCUT2D eigenvalue weighted by Crippen LogP contribution is -2.16. The van der Waals surface area contributed by atoms with E-state index in [1.54, 1.807) is 0 Å². The molecule has 0 saturated heterocycles. The molecule has 1 unspecified atom stereocenters. The van der Waals surface area contributed by atoms with Crippen LogP contribution >= 0.6 is 0 Å². The van der Waals surface area contributed by atoms with E-state index < -0.39 is 0 Å². The molecule has 1 heterocycles. The van der Waals surface area contributed by atoms with Crippen LogP contribution in [0, 0.1) is 5.92 Å². The standard InChI is InChI=1S/C12H21N3/c1-3-10(2)9-15-7-6-12(14-15)8-13-11-4-5-11/h6-7,10-11,13H,3-5,8-9H2,1-2H3. The zero-order valence-electron chi connectivity index (χ0n) is 9.74. The highest BCUT2D eigenvalue weighted by molar-refractivity contribution is 4.99. The molecule has 0 spiro atoms. The summed E-state index contributed by atoms with van der Waals surface area (Å²) in [5.74, 6) is 0.717. The Kier molecular flexibility index (Phi) is 3.41. The summed E-state index contributed by atoms with van der Waals surface area (Å²) < 4.78 is 2.07. The minimum Gasteiger partial charge on any atom is -0.308 e. The second-order valence-electron chi connectivity index (χ2n) is 4.70. The van der Waals surface area contributed by atoms with Crippen LogP contribution in [0.5, 0.6) is 0 Å². The van der Waals surface area contributed by atoms with Crippen molar-refractivity contribution in [1.82, 2.24) is 15.1 Å². The van der Waals surface area contributed by atoms with E-state index in [4.69, 9.17) is 0 Å². The molecule has 15 heavy (non-hydrogen) atoms. The predicted octanol–water partition coefficient (Wildman–Crippen LogP) is 2.18. The number of hydrogen-bond donors (Lipinski definition) is 1. The van der Waals surface area contributed by atoms with Gasteiger partial charge in [-0.25, -0.2) is 0 Å². The molecule has 3 nitrogen and oxygen atoms in total. The Morgan fingerprint density at radius 1 is 1.60 bits per heavy atom. The van der Waals surface area contributed by atoms with Gasteiger partial charge >= 0.3 is 0 Å². The summed E-state index contributed by atoms with van der Waals surface area (Å²) in [5.41, 5.74) is 1.17. The van der Waals surface area contributed by atoms with E-state index in [1.165, 1.54) is 25.0 Å². The number of hydrogen-bond acceptors (Lipinski definition) is 2. The maximum Gasteiger partial charge on any atom is 0.0762 e. The van der Waals surface area contributed by atoms with Gasteiger partial charge in [0.1, 0.15) is 0 Å². The topological polar surface area (TPSA) is 29.9 Å². The van der Waals surface area contributed by atoms with E-state index in [-0.39, 0.29) is 0 Å². The first-order valence-electron chi connectivity index (χ1n) is 6.03. The average molecular weight is 207 g/mol. The normalized spacial score (nSPS) is 18.0. The van der Waals surface area contributed by atoms with Crippen LogP contribution in [0.1, 0.15) is 38.8 Å². The third-order valence-corrected chi connectivity index (χ3v) is 3.04.